The Hall–Kier alpha value is -2.56. The summed E-state index contributed by atoms with van der Waals surface area (Å²) in [7, 11) is 0. The Labute approximate surface area is 97.2 Å². The van der Waals surface area contributed by atoms with E-state index in [4.69, 9.17) is 0 Å². The van der Waals surface area contributed by atoms with E-state index < -0.39 is 23.0 Å². The van der Waals surface area contributed by atoms with Gasteiger partial charge >= 0.3 is 0 Å². The SMILES string of the molecule is Oc1cc(Nc2ccccc2)c(O)c(O)c1O. The van der Waals surface area contributed by atoms with E-state index in [1.165, 1.54) is 0 Å². The zero-order valence-electron chi connectivity index (χ0n) is 8.75. The molecule has 0 radical (unpaired) electrons. The minimum atomic E-state index is -0.761. The first kappa shape index (κ1) is 10.9. The summed E-state index contributed by atoms with van der Waals surface area (Å²) in [6.45, 7) is 0. The standard InChI is InChI=1S/C12H11NO4/c14-9-6-8(10(15)12(17)11(9)16)13-7-4-2-1-3-5-7/h1-6,13-17H. The summed E-state index contributed by atoms with van der Waals surface area (Å²) in [6, 6.07) is 10.0. The molecule has 2 aromatic rings. The number of phenolic OH excluding ortho intramolecular Hbond substituents is 4. The average molecular weight is 233 g/mol. The van der Waals surface area contributed by atoms with E-state index >= 15 is 0 Å². The number of nitrogens with one attached hydrogen (secondary N) is 1. The van der Waals surface area contributed by atoms with Crippen LogP contribution in [0.3, 0.4) is 0 Å². The van der Waals surface area contributed by atoms with Crippen LogP contribution in [0.1, 0.15) is 0 Å². The fourth-order valence-corrected chi connectivity index (χ4v) is 1.41. The Morgan fingerprint density at radius 3 is 2.06 bits per heavy atom. The quantitative estimate of drug-likeness (QED) is 0.405. The second kappa shape index (κ2) is 4.13. The molecule has 2 rings (SSSR count). The summed E-state index contributed by atoms with van der Waals surface area (Å²) < 4.78 is 0. The number of benzene rings is 2. The Morgan fingerprint density at radius 2 is 1.41 bits per heavy atom. The second-order valence-electron chi connectivity index (χ2n) is 3.48. The topological polar surface area (TPSA) is 93.0 Å². The lowest BCUT2D eigenvalue weighted by atomic mass is 10.2. The van der Waals surface area contributed by atoms with Crippen molar-refractivity contribution in [2.24, 2.45) is 0 Å². The second-order valence-corrected chi connectivity index (χ2v) is 3.48. The highest BCUT2D eigenvalue weighted by Crippen LogP contribution is 2.47. The van der Waals surface area contributed by atoms with Crippen LogP contribution in [-0.2, 0) is 0 Å². The zero-order valence-corrected chi connectivity index (χ0v) is 8.75. The van der Waals surface area contributed by atoms with E-state index in [1.54, 1.807) is 24.3 Å². The third-order valence-electron chi connectivity index (χ3n) is 2.28. The van der Waals surface area contributed by atoms with Crippen LogP contribution in [0.15, 0.2) is 36.4 Å². The number of anilines is 2. The molecule has 0 spiro atoms. The first-order valence-corrected chi connectivity index (χ1v) is 4.88. The molecule has 5 heteroatoms. The molecule has 0 atom stereocenters. The maximum absolute atomic E-state index is 9.58. The highest BCUT2D eigenvalue weighted by Gasteiger charge is 2.16. The summed E-state index contributed by atoms with van der Waals surface area (Å²) in [5.41, 5.74) is 0.774. The van der Waals surface area contributed by atoms with Crippen molar-refractivity contribution in [3.05, 3.63) is 36.4 Å². The van der Waals surface area contributed by atoms with Crippen molar-refractivity contribution in [1.82, 2.24) is 0 Å². The molecule has 0 fully saturated rings. The van der Waals surface area contributed by atoms with Gasteiger partial charge in [0.25, 0.3) is 0 Å². The van der Waals surface area contributed by atoms with Crippen LogP contribution in [0.25, 0.3) is 0 Å². The molecule has 0 bridgehead atoms. The molecule has 0 aromatic heterocycles. The molecule has 0 unspecified atom stereocenters. The van der Waals surface area contributed by atoms with Gasteiger partial charge in [0.2, 0.25) is 11.5 Å². The molecule has 5 N–H and O–H groups in total. The minimum absolute atomic E-state index is 0.101. The van der Waals surface area contributed by atoms with Gasteiger partial charge in [-0.2, -0.15) is 0 Å². The van der Waals surface area contributed by atoms with Crippen molar-refractivity contribution in [3.63, 3.8) is 0 Å². The van der Waals surface area contributed by atoms with Gasteiger partial charge in [0.05, 0.1) is 5.69 Å². The van der Waals surface area contributed by atoms with Crippen LogP contribution in [-0.4, -0.2) is 20.4 Å². The van der Waals surface area contributed by atoms with E-state index in [2.05, 4.69) is 5.32 Å². The Morgan fingerprint density at radius 1 is 0.765 bits per heavy atom. The molecule has 0 amide bonds. The molecule has 0 aliphatic rings. The van der Waals surface area contributed by atoms with Crippen molar-refractivity contribution in [2.75, 3.05) is 5.32 Å². The Balaban J connectivity index is 2.41. The molecule has 0 saturated heterocycles. The van der Waals surface area contributed by atoms with E-state index in [9.17, 15) is 20.4 Å². The van der Waals surface area contributed by atoms with E-state index in [1.807, 2.05) is 6.07 Å². The number of hydrogen-bond donors (Lipinski definition) is 5. The largest absolute Gasteiger partial charge is 0.504 e. The smallest absolute Gasteiger partial charge is 0.206 e. The fourth-order valence-electron chi connectivity index (χ4n) is 1.41. The molecule has 17 heavy (non-hydrogen) atoms. The van der Waals surface area contributed by atoms with Gasteiger partial charge in [-0.15, -0.1) is 0 Å². The van der Waals surface area contributed by atoms with Crippen molar-refractivity contribution >= 4 is 11.4 Å². The monoisotopic (exact) mass is 233 g/mol. The average Bonchev–Trinajstić information content (AvgIpc) is 2.35. The van der Waals surface area contributed by atoms with Gasteiger partial charge in [0, 0.05) is 11.8 Å². The van der Waals surface area contributed by atoms with Crippen LogP contribution < -0.4 is 5.32 Å². The zero-order chi connectivity index (χ0) is 12.4. The van der Waals surface area contributed by atoms with Gasteiger partial charge in [-0.3, -0.25) is 0 Å². The Kier molecular flexibility index (Phi) is 2.66. The normalized spacial score (nSPS) is 10.1. The van der Waals surface area contributed by atoms with Crippen LogP contribution in [0.4, 0.5) is 11.4 Å². The number of hydrogen-bond acceptors (Lipinski definition) is 5. The number of para-hydroxylation sites is 1. The maximum atomic E-state index is 9.58. The lowest BCUT2D eigenvalue weighted by Gasteiger charge is -2.11. The van der Waals surface area contributed by atoms with Crippen LogP contribution in [0.5, 0.6) is 23.0 Å². The lowest BCUT2D eigenvalue weighted by molar-refractivity contribution is 0.347. The summed E-state index contributed by atoms with van der Waals surface area (Å²) in [4.78, 5) is 0. The predicted octanol–water partition coefficient (Wildman–Crippen LogP) is 2.25. The third kappa shape index (κ3) is 2.03. The van der Waals surface area contributed by atoms with Gasteiger partial charge in [-0.05, 0) is 12.1 Å². The van der Waals surface area contributed by atoms with Crippen LogP contribution in [0.2, 0.25) is 0 Å². The molecule has 88 valence electrons. The first-order valence-electron chi connectivity index (χ1n) is 4.88. The molecular formula is C12H11NO4. The molecule has 0 saturated carbocycles. The van der Waals surface area contributed by atoms with Gasteiger partial charge in [-0.1, -0.05) is 18.2 Å². The van der Waals surface area contributed by atoms with E-state index in [0.717, 1.165) is 6.07 Å². The number of rotatable bonds is 2. The van der Waals surface area contributed by atoms with E-state index in [0.29, 0.717) is 5.69 Å². The lowest BCUT2D eigenvalue weighted by Crippen LogP contribution is -1.90. The summed E-state index contributed by atoms with van der Waals surface area (Å²) in [5.74, 6) is -2.55. The van der Waals surface area contributed by atoms with Crippen LogP contribution >= 0.6 is 0 Å². The highest BCUT2D eigenvalue weighted by atomic mass is 16.3. The first-order chi connectivity index (χ1) is 8.09. The summed E-state index contributed by atoms with van der Waals surface area (Å²) in [5, 5.41) is 40.2. The van der Waals surface area contributed by atoms with Gasteiger partial charge < -0.3 is 25.7 Å². The van der Waals surface area contributed by atoms with Gasteiger partial charge in [0.15, 0.2) is 11.5 Å². The Bertz CT molecular complexity index is 540. The third-order valence-corrected chi connectivity index (χ3v) is 2.28. The van der Waals surface area contributed by atoms with Gasteiger partial charge in [-0.25, -0.2) is 0 Å². The maximum Gasteiger partial charge on any atom is 0.206 e. The van der Waals surface area contributed by atoms with Crippen molar-refractivity contribution in [2.45, 2.75) is 0 Å². The van der Waals surface area contributed by atoms with Crippen molar-refractivity contribution in [1.29, 1.82) is 0 Å². The van der Waals surface area contributed by atoms with Crippen LogP contribution in [0, 0.1) is 0 Å². The highest BCUT2D eigenvalue weighted by molar-refractivity contribution is 5.75. The molecule has 2 aromatic carbocycles. The van der Waals surface area contributed by atoms with Crippen molar-refractivity contribution in [3.8, 4) is 23.0 Å². The molecule has 0 heterocycles. The molecule has 5 nitrogen and oxygen atoms in total. The van der Waals surface area contributed by atoms with Gasteiger partial charge in [0.1, 0.15) is 0 Å². The number of phenols is 4. The minimum Gasteiger partial charge on any atom is -0.504 e. The predicted molar refractivity (Wildman–Crippen MR) is 62.8 cm³/mol. The molecule has 0 aliphatic carbocycles. The fraction of sp³-hybridized carbons (Fsp3) is 0. The number of aromatic hydroxyl groups is 4. The summed E-state index contributed by atoms with van der Waals surface area (Å²) in [6.07, 6.45) is 0. The molecular weight excluding hydrogens is 222 g/mol. The molecule has 0 aliphatic heterocycles. The summed E-state index contributed by atoms with van der Waals surface area (Å²) >= 11 is 0. The van der Waals surface area contributed by atoms with E-state index in [-0.39, 0.29) is 5.69 Å². The van der Waals surface area contributed by atoms with Crippen molar-refractivity contribution < 1.29 is 20.4 Å².